The van der Waals surface area contributed by atoms with Crippen LogP contribution in [0.1, 0.15) is 33.6 Å². The van der Waals surface area contributed by atoms with E-state index < -0.39 is 0 Å². The number of amides is 1. The highest BCUT2D eigenvalue weighted by Gasteiger charge is 2.28. The van der Waals surface area contributed by atoms with Gasteiger partial charge in [0.2, 0.25) is 5.91 Å². The monoisotopic (exact) mass is 228 g/mol. The number of hydrogen-bond donors (Lipinski definition) is 1. The Morgan fingerprint density at radius 1 is 1.38 bits per heavy atom. The average Bonchev–Trinajstić information content (AvgIpc) is 2.21. The van der Waals surface area contributed by atoms with Crippen molar-refractivity contribution in [2.75, 3.05) is 20.1 Å². The fraction of sp³-hybridized carbons (Fsp3) is 0.917. The molecule has 0 radical (unpaired) electrons. The molecule has 3 unspecified atom stereocenters. The summed E-state index contributed by atoms with van der Waals surface area (Å²) in [5.41, 5.74) is 0. The normalized spacial score (nSPS) is 29.2. The van der Waals surface area contributed by atoms with Crippen LogP contribution in [-0.4, -0.2) is 59.1 Å². The van der Waals surface area contributed by atoms with Gasteiger partial charge < -0.3 is 10.0 Å². The van der Waals surface area contributed by atoms with Crippen molar-refractivity contribution >= 4 is 5.91 Å². The summed E-state index contributed by atoms with van der Waals surface area (Å²) in [7, 11) is 2.10. The van der Waals surface area contributed by atoms with Crippen LogP contribution < -0.4 is 0 Å². The van der Waals surface area contributed by atoms with E-state index in [-0.39, 0.29) is 12.0 Å². The summed E-state index contributed by atoms with van der Waals surface area (Å²) in [4.78, 5) is 16.1. The summed E-state index contributed by atoms with van der Waals surface area (Å²) in [6.45, 7) is 7.62. The van der Waals surface area contributed by atoms with E-state index in [1.807, 2.05) is 4.90 Å². The van der Waals surface area contributed by atoms with Crippen LogP contribution in [0.3, 0.4) is 0 Å². The molecule has 0 aromatic rings. The number of aliphatic hydroxyl groups excluding tert-OH is 1. The highest BCUT2D eigenvalue weighted by molar-refractivity contribution is 5.76. The van der Waals surface area contributed by atoms with Crippen molar-refractivity contribution in [1.29, 1.82) is 0 Å². The quantitative estimate of drug-likeness (QED) is 0.773. The van der Waals surface area contributed by atoms with E-state index in [2.05, 4.69) is 25.8 Å². The molecule has 0 saturated carbocycles. The van der Waals surface area contributed by atoms with Gasteiger partial charge in [-0.1, -0.05) is 0 Å². The molecule has 0 aromatic heterocycles. The number of carbonyl (C=O) groups excluding carboxylic acids is 1. The third kappa shape index (κ3) is 3.46. The van der Waals surface area contributed by atoms with Gasteiger partial charge in [-0.15, -0.1) is 0 Å². The van der Waals surface area contributed by atoms with Crippen molar-refractivity contribution < 1.29 is 9.90 Å². The Bertz CT molecular complexity index is 231. The lowest BCUT2D eigenvalue weighted by molar-refractivity contribution is -0.135. The lowest BCUT2D eigenvalue weighted by Crippen LogP contribution is -2.56. The zero-order valence-electron chi connectivity index (χ0n) is 10.8. The second kappa shape index (κ2) is 5.64. The Morgan fingerprint density at radius 2 is 1.88 bits per heavy atom. The first kappa shape index (κ1) is 13.5. The molecule has 4 nitrogen and oxygen atoms in total. The maximum Gasteiger partial charge on any atom is 0.222 e. The zero-order valence-corrected chi connectivity index (χ0v) is 10.8. The Hall–Kier alpha value is -0.610. The Morgan fingerprint density at radius 3 is 2.31 bits per heavy atom. The molecule has 1 N–H and O–H groups in total. The molecule has 1 saturated heterocycles. The topological polar surface area (TPSA) is 43.8 Å². The van der Waals surface area contributed by atoms with Crippen LogP contribution in [0, 0.1) is 0 Å². The maximum atomic E-state index is 11.9. The van der Waals surface area contributed by atoms with Crippen molar-refractivity contribution in [2.45, 2.75) is 51.8 Å². The number of rotatable bonds is 3. The predicted octanol–water partition coefficient (Wildman–Crippen LogP) is 0.698. The maximum absolute atomic E-state index is 11.9. The van der Waals surface area contributed by atoms with E-state index in [1.54, 1.807) is 6.92 Å². The second-order valence-corrected chi connectivity index (χ2v) is 5.05. The standard InChI is InChI=1S/C12H24N2O2/c1-9-7-14(8-10(2)13(9)4)12(16)6-5-11(3)15/h9-11,15H,5-8H2,1-4H3. The van der Waals surface area contributed by atoms with E-state index in [1.165, 1.54) is 0 Å². The van der Waals surface area contributed by atoms with Crippen LogP contribution in [0.5, 0.6) is 0 Å². The van der Waals surface area contributed by atoms with E-state index in [0.717, 1.165) is 13.1 Å². The van der Waals surface area contributed by atoms with Gasteiger partial charge in [-0.25, -0.2) is 0 Å². The summed E-state index contributed by atoms with van der Waals surface area (Å²) in [6, 6.07) is 0.832. The molecule has 0 aromatic carbocycles. The predicted molar refractivity (Wildman–Crippen MR) is 64.2 cm³/mol. The molecule has 1 rings (SSSR count). The summed E-state index contributed by atoms with van der Waals surface area (Å²) in [5.74, 6) is 0.174. The fourth-order valence-corrected chi connectivity index (χ4v) is 2.10. The Labute approximate surface area is 98.2 Å². The van der Waals surface area contributed by atoms with Gasteiger partial charge in [0.1, 0.15) is 0 Å². The molecule has 1 aliphatic heterocycles. The van der Waals surface area contributed by atoms with E-state index in [4.69, 9.17) is 5.11 Å². The van der Waals surface area contributed by atoms with Crippen LogP contribution in [-0.2, 0) is 4.79 Å². The van der Waals surface area contributed by atoms with E-state index >= 15 is 0 Å². The molecule has 0 aliphatic carbocycles. The minimum Gasteiger partial charge on any atom is -0.393 e. The molecular formula is C12H24N2O2. The van der Waals surface area contributed by atoms with Crippen LogP contribution in [0.25, 0.3) is 0 Å². The SMILES string of the molecule is CC(O)CCC(=O)N1CC(C)N(C)C(C)C1. The number of carbonyl (C=O) groups is 1. The summed E-state index contributed by atoms with van der Waals surface area (Å²) >= 11 is 0. The third-order valence-corrected chi connectivity index (χ3v) is 3.49. The largest absolute Gasteiger partial charge is 0.393 e. The Balaban J connectivity index is 2.45. The first-order chi connectivity index (χ1) is 7.41. The van der Waals surface area contributed by atoms with Crippen molar-refractivity contribution in [3.63, 3.8) is 0 Å². The molecule has 16 heavy (non-hydrogen) atoms. The Kier molecular flexibility index (Phi) is 4.74. The van der Waals surface area contributed by atoms with Gasteiger partial charge in [0.15, 0.2) is 0 Å². The van der Waals surface area contributed by atoms with Crippen LogP contribution in [0.15, 0.2) is 0 Å². The second-order valence-electron chi connectivity index (χ2n) is 5.05. The van der Waals surface area contributed by atoms with Gasteiger partial charge in [0.05, 0.1) is 6.10 Å². The number of aliphatic hydroxyl groups is 1. The molecule has 1 heterocycles. The number of likely N-dealkylation sites (N-methyl/N-ethyl adjacent to an activating group) is 1. The highest BCUT2D eigenvalue weighted by Crippen LogP contribution is 2.14. The van der Waals surface area contributed by atoms with Gasteiger partial charge in [-0.2, -0.15) is 0 Å². The molecule has 0 spiro atoms. The zero-order chi connectivity index (χ0) is 12.3. The molecule has 1 aliphatic rings. The van der Waals surface area contributed by atoms with Crippen LogP contribution in [0.2, 0.25) is 0 Å². The molecule has 4 heteroatoms. The third-order valence-electron chi connectivity index (χ3n) is 3.49. The molecule has 1 amide bonds. The molecule has 3 atom stereocenters. The van der Waals surface area contributed by atoms with E-state index in [0.29, 0.717) is 24.9 Å². The summed E-state index contributed by atoms with van der Waals surface area (Å²) in [6.07, 6.45) is 0.639. The first-order valence-electron chi connectivity index (χ1n) is 6.09. The smallest absolute Gasteiger partial charge is 0.222 e. The molecular weight excluding hydrogens is 204 g/mol. The summed E-state index contributed by atoms with van der Waals surface area (Å²) in [5, 5.41) is 9.17. The highest BCUT2D eigenvalue weighted by atomic mass is 16.3. The van der Waals surface area contributed by atoms with E-state index in [9.17, 15) is 4.79 Å². The van der Waals surface area contributed by atoms with Crippen molar-refractivity contribution in [3.8, 4) is 0 Å². The van der Waals surface area contributed by atoms with Gasteiger partial charge in [0.25, 0.3) is 0 Å². The van der Waals surface area contributed by atoms with Crippen molar-refractivity contribution in [2.24, 2.45) is 0 Å². The van der Waals surface area contributed by atoms with Gasteiger partial charge >= 0.3 is 0 Å². The van der Waals surface area contributed by atoms with Crippen LogP contribution in [0.4, 0.5) is 0 Å². The van der Waals surface area contributed by atoms with Gasteiger partial charge in [-0.05, 0) is 34.2 Å². The first-order valence-corrected chi connectivity index (χ1v) is 6.09. The van der Waals surface area contributed by atoms with Crippen LogP contribution >= 0.6 is 0 Å². The molecule has 1 fully saturated rings. The lowest BCUT2D eigenvalue weighted by atomic mass is 10.1. The molecule has 0 bridgehead atoms. The minimum absolute atomic E-state index is 0.174. The fourth-order valence-electron chi connectivity index (χ4n) is 2.10. The van der Waals surface area contributed by atoms with Gasteiger partial charge in [0, 0.05) is 31.6 Å². The number of piperazine rings is 1. The van der Waals surface area contributed by atoms with Gasteiger partial charge in [-0.3, -0.25) is 9.69 Å². The minimum atomic E-state index is -0.383. The van der Waals surface area contributed by atoms with Crippen molar-refractivity contribution in [3.05, 3.63) is 0 Å². The van der Waals surface area contributed by atoms with Crippen molar-refractivity contribution in [1.82, 2.24) is 9.80 Å². The lowest BCUT2D eigenvalue weighted by Gasteiger charge is -2.42. The summed E-state index contributed by atoms with van der Waals surface area (Å²) < 4.78 is 0. The average molecular weight is 228 g/mol. The number of hydrogen-bond acceptors (Lipinski definition) is 3. The molecule has 94 valence electrons. The number of nitrogens with zero attached hydrogens (tertiary/aromatic N) is 2.